The van der Waals surface area contributed by atoms with Crippen LogP contribution in [0.25, 0.3) is 0 Å². The Labute approximate surface area is 129 Å². The van der Waals surface area contributed by atoms with Crippen LogP contribution in [0, 0.1) is 12.3 Å². The van der Waals surface area contributed by atoms with Crippen LogP contribution in [0.3, 0.4) is 0 Å². The van der Waals surface area contributed by atoms with Gasteiger partial charge in [-0.2, -0.15) is 0 Å². The summed E-state index contributed by atoms with van der Waals surface area (Å²) in [6, 6.07) is 8.70. The van der Waals surface area contributed by atoms with Crippen molar-refractivity contribution in [1.82, 2.24) is 9.46 Å². The zero-order valence-electron chi connectivity index (χ0n) is 12.1. The number of ether oxygens (including phenoxy) is 1. The molecule has 2 rings (SSSR count). The summed E-state index contributed by atoms with van der Waals surface area (Å²) >= 11 is 0. The minimum absolute atomic E-state index is 0.131. The van der Waals surface area contributed by atoms with E-state index >= 15 is 0 Å². The Bertz CT molecular complexity index is 748. The van der Waals surface area contributed by atoms with Crippen LogP contribution in [0.4, 0.5) is 0 Å². The fourth-order valence-electron chi connectivity index (χ4n) is 1.84. The van der Waals surface area contributed by atoms with Crippen LogP contribution in [0.5, 0.6) is 5.75 Å². The van der Waals surface area contributed by atoms with Crippen LogP contribution in [-0.4, -0.2) is 31.5 Å². The van der Waals surface area contributed by atoms with Crippen molar-refractivity contribution in [3.05, 3.63) is 47.9 Å². The molecule has 1 aromatic heterocycles. The van der Waals surface area contributed by atoms with Crippen LogP contribution in [-0.2, 0) is 22.3 Å². The molecular formula is C15H16N2O4S. The first-order valence-electron chi connectivity index (χ1n) is 6.50. The SMILES string of the molecule is C#CCOc1ccccc1CN(C)S(=O)(=O)Cc1ccon1. The summed E-state index contributed by atoms with van der Waals surface area (Å²) in [5, 5.41) is 3.62. The van der Waals surface area contributed by atoms with Crippen molar-refractivity contribution in [3.63, 3.8) is 0 Å². The van der Waals surface area contributed by atoms with Gasteiger partial charge in [0.1, 0.15) is 24.4 Å². The number of aromatic nitrogens is 1. The lowest BCUT2D eigenvalue weighted by Gasteiger charge is -2.18. The first-order chi connectivity index (χ1) is 10.5. The molecule has 1 aromatic carbocycles. The third-order valence-electron chi connectivity index (χ3n) is 2.97. The van der Waals surface area contributed by atoms with Crippen LogP contribution in [0.2, 0.25) is 0 Å². The highest BCUT2D eigenvalue weighted by Gasteiger charge is 2.21. The third-order valence-corrected chi connectivity index (χ3v) is 4.71. The van der Waals surface area contributed by atoms with Gasteiger partial charge in [-0.25, -0.2) is 12.7 Å². The molecule has 0 aliphatic carbocycles. The molecule has 0 amide bonds. The molecule has 1 heterocycles. The predicted molar refractivity (Wildman–Crippen MR) is 81.4 cm³/mol. The van der Waals surface area contributed by atoms with E-state index in [1.165, 1.54) is 23.7 Å². The van der Waals surface area contributed by atoms with Crippen LogP contribution >= 0.6 is 0 Å². The van der Waals surface area contributed by atoms with Crippen molar-refractivity contribution < 1.29 is 17.7 Å². The van der Waals surface area contributed by atoms with Crippen molar-refractivity contribution in [3.8, 4) is 18.1 Å². The maximum atomic E-state index is 12.3. The fraction of sp³-hybridized carbons (Fsp3) is 0.267. The third kappa shape index (κ3) is 4.10. The highest BCUT2D eigenvalue weighted by atomic mass is 32.2. The van der Waals surface area contributed by atoms with E-state index in [-0.39, 0.29) is 18.9 Å². The monoisotopic (exact) mass is 320 g/mol. The van der Waals surface area contributed by atoms with Gasteiger partial charge in [-0.3, -0.25) is 0 Å². The molecule has 0 N–H and O–H groups in total. The second-order valence-electron chi connectivity index (χ2n) is 4.60. The summed E-state index contributed by atoms with van der Waals surface area (Å²) in [4.78, 5) is 0. The first kappa shape index (κ1) is 16.1. The van der Waals surface area contributed by atoms with Gasteiger partial charge in [-0.1, -0.05) is 29.3 Å². The van der Waals surface area contributed by atoms with E-state index in [1.807, 2.05) is 6.07 Å². The molecule has 0 atom stereocenters. The van der Waals surface area contributed by atoms with Gasteiger partial charge in [0.05, 0.1) is 5.69 Å². The first-order valence-corrected chi connectivity index (χ1v) is 8.11. The number of nitrogens with zero attached hydrogens (tertiary/aromatic N) is 2. The van der Waals surface area contributed by atoms with E-state index < -0.39 is 10.0 Å². The quantitative estimate of drug-likeness (QED) is 0.725. The Balaban J connectivity index is 2.11. The number of hydrogen-bond donors (Lipinski definition) is 0. The van der Waals surface area contributed by atoms with Crippen molar-refractivity contribution in [2.45, 2.75) is 12.3 Å². The summed E-state index contributed by atoms with van der Waals surface area (Å²) in [7, 11) is -2.00. The Hall–Kier alpha value is -2.30. The Morgan fingerprint density at radius 3 is 2.82 bits per heavy atom. The van der Waals surface area contributed by atoms with Gasteiger partial charge in [0.15, 0.2) is 0 Å². The zero-order valence-corrected chi connectivity index (χ0v) is 12.9. The van der Waals surface area contributed by atoms with E-state index in [0.29, 0.717) is 11.4 Å². The van der Waals surface area contributed by atoms with Gasteiger partial charge in [0.2, 0.25) is 10.0 Å². The second kappa shape index (κ2) is 7.11. The standard InChI is InChI=1S/C15H16N2O4S/c1-3-9-20-15-7-5-4-6-13(15)11-17(2)22(18,19)12-14-8-10-21-16-14/h1,4-8,10H,9,11-12H2,2H3. The molecule has 0 saturated carbocycles. The van der Waals surface area contributed by atoms with Crippen molar-refractivity contribution >= 4 is 10.0 Å². The zero-order chi connectivity index (χ0) is 16.0. The Morgan fingerprint density at radius 1 is 1.36 bits per heavy atom. The molecular weight excluding hydrogens is 304 g/mol. The number of rotatable bonds is 7. The predicted octanol–water partition coefficient (Wildman–Crippen LogP) is 1.65. The van der Waals surface area contributed by atoms with Gasteiger partial charge in [-0.15, -0.1) is 6.42 Å². The van der Waals surface area contributed by atoms with E-state index in [9.17, 15) is 8.42 Å². The van der Waals surface area contributed by atoms with Crippen molar-refractivity contribution in [1.29, 1.82) is 0 Å². The summed E-state index contributed by atoms with van der Waals surface area (Å²) < 4.78 is 35.9. The normalized spacial score (nSPS) is 11.3. The molecule has 0 saturated heterocycles. The molecule has 7 heteroatoms. The smallest absolute Gasteiger partial charge is 0.220 e. The average molecular weight is 320 g/mol. The average Bonchev–Trinajstić information content (AvgIpc) is 2.98. The maximum Gasteiger partial charge on any atom is 0.220 e. The summed E-state index contributed by atoms with van der Waals surface area (Å²) in [5.74, 6) is 2.74. The lowest BCUT2D eigenvalue weighted by Crippen LogP contribution is -2.28. The van der Waals surface area contributed by atoms with Crippen molar-refractivity contribution in [2.24, 2.45) is 0 Å². The maximum absolute atomic E-state index is 12.3. The summed E-state index contributed by atoms with van der Waals surface area (Å²) in [6.07, 6.45) is 6.52. The van der Waals surface area contributed by atoms with Crippen LogP contribution in [0.1, 0.15) is 11.3 Å². The van der Waals surface area contributed by atoms with E-state index in [4.69, 9.17) is 11.2 Å². The number of para-hydroxylation sites is 1. The molecule has 116 valence electrons. The lowest BCUT2D eigenvalue weighted by atomic mass is 10.2. The van der Waals surface area contributed by atoms with Crippen molar-refractivity contribution in [2.75, 3.05) is 13.7 Å². The number of sulfonamides is 1. The summed E-state index contributed by atoms with van der Waals surface area (Å²) in [5.41, 5.74) is 1.10. The fourth-order valence-corrected chi connectivity index (χ4v) is 2.92. The molecule has 6 nitrogen and oxygen atoms in total. The Kier molecular flexibility index (Phi) is 5.20. The largest absolute Gasteiger partial charge is 0.481 e. The second-order valence-corrected chi connectivity index (χ2v) is 6.68. The lowest BCUT2D eigenvalue weighted by molar-refractivity contribution is 0.359. The number of benzene rings is 1. The van der Waals surface area contributed by atoms with E-state index in [1.54, 1.807) is 18.2 Å². The minimum atomic E-state index is -3.50. The molecule has 2 aromatic rings. The molecule has 0 spiro atoms. The summed E-state index contributed by atoms with van der Waals surface area (Å²) in [6.45, 7) is 0.313. The van der Waals surface area contributed by atoms with Gasteiger partial charge < -0.3 is 9.26 Å². The van der Waals surface area contributed by atoms with Crippen LogP contribution < -0.4 is 4.74 Å². The number of terminal acetylenes is 1. The van der Waals surface area contributed by atoms with Gasteiger partial charge in [-0.05, 0) is 6.07 Å². The minimum Gasteiger partial charge on any atom is -0.481 e. The highest BCUT2D eigenvalue weighted by molar-refractivity contribution is 7.88. The molecule has 0 aliphatic heterocycles. The number of hydrogen-bond acceptors (Lipinski definition) is 5. The molecule has 0 aliphatic rings. The Morgan fingerprint density at radius 2 is 2.14 bits per heavy atom. The van der Waals surface area contributed by atoms with Gasteiger partial charge in [0.25, 0.3) is 0 Å². The van der Waals surface area contributed by atoms with E-state index in [2.05, 4.69) is 15.6 Å². The highest BCUT2D eigenvalue weighted by Crippen LogP contribution is 2.21. The molecule has 0 unspecified atom stereocenters. The van der Waals surface area contributed by atoms with Crippen LogP contribution in [0.15, 0.2) is 41.1 Å². The molecule has 0 bridgehead atoms. The topological polar surface area (TPSA) is 72.6 Å². The molecule has 0 fully saturated rings. The van der Waals surface area contributed by atoms with E-state index in [0.717, 1.165) is 5.56 Å². The van der Waals surface area contributed by atoms with Gasteiger partial charge >= 0.3 is 0 Å². The van der Waals surface area contributed by atoms with Gasteiger partial charge in [0, 0.05) is 25.2 Å². The molecule has 0 radical (unpaired) electrons. The molecule has 22 heavy (non-hydrogen) atoms.